The van der Waals surface area contributed by atoms with Crippen LogP contribution in [0.1, 0.15) is 14.6 Å². The Morgan fingerprint density at radius 2 is 1.32 bits per heavy atom. The minimum atomic E-state index is -5.11. The third kappa shape index (κ3) is 8.50. The minimum absolute atomic E-state index is 0. The summed E-state index contributed by atoms with van der Waals surface area (Å²) in [6.07, 6.45) is 0. The summed E-state index contributed by atoms with van der Waals surface area (Å²) in [4.78, 5) is 20.3. The molecule has 0 aliphatic rings. The first-order valence-corrected chi connectivity index (χ1v) is 12.9. The smallest absolute Gasteiger partial charge is 1.00 e. The number of fused-ring (bicyclic) bond motifs is 1. The molecule has 0 aliphatic heterocycles. The number of hydrogen-bond donors (Lipinski definition) is 4. The summed E-state index contributed by atoms with van der Waals surface area (Å²) in [5, 5.41) is 12.5. The van der Waals surface area contributed by atoms with Crippen molar-refractivity contribution in [1.82, 2.24) is 0 Å². The average Bonchev–Trinajstić information content (AvgIpc) is 2.70. The standard InChI is InChI=1S/C17H12N2O12S3.3Na.3H/c20-17(12-3-1-9(19(21)22)7-16(12)34(29,30)31)18-14-5-6-15(33(26,27)28)11-4-2-10(8-13(11)14)32(23,24)25;;;;;;/h1-8H,(H,18,20)(H,23,24,25)(H,26,27,28)(H,29,30,31);;;;;;/q;3*+1;3*-1. The van der Waals surface area contributed by atoms with Crippen molar-refractivity contribution in [2.24, 2.45) is 0 Å². The first-order chi connectivity index (χ1) is 15.5. The number of carbonyl (C=O) groups is 1. The van der Waals surface area contributed by atoms with E-state index in [4.69, 9.17) is 0 Å². The van der Waals surface area contributed by atoms with E-state index in [0.717, 1.165) is 42.5 Å². The Kier molecular flexibility index (Phi) is 13.1. The predicted octanol–water partition coefficient (Wildman–Crippen LogP) is -6.91. The summed E-state index contributed by atoms with van der Waals surface area (Å²) in [6, 6.07) is 6.34. The average molecular weight is 604 g/mol. The fraction of sp³-hybridized carbons (Fsp3) is 0. The van der Waals surface area contributed by atoms with Gasteiger partial charge in [-0.2, -0.15) is 25.3 Å². The van der Waals surface area contributed by atoms with E-state index in [1.165, 1.54) is 0 Å². The topological polar surface area (TPSA) is 235 Å². The Morgan fingerprint density at radius 1 is 0.757 bits per heavy atom. The quantitative estimate of drug-likeness (QED) is 0.0889. The summed E-state index contributed by atoms with van der Waals surface area (Å²) in [5.74, 6) is -1.24. The Balaban J connectivity index is -0.00000108. The molecular formula is C17H15N2Na3O12S3. The predicted molar refractivity (Wildman–Crippen MR) is 118 cm³/mol. The number of hydrogen-bond acceptors (Lipinski definition) is 9. The van der Waals surface area contributed by atoms with E-state index in [2.05, 4.69) is 5.32 Å². The molecular weight excluding hydrogens is 589 g/mol. The van der Waals surface area contributed by atoms with Gasteiger partial charge in [-0.1, -0.05) is 6.07 Å². The van der Waals surface area contributed by atoms with Crippen LogP contribution in [0.25, 0.3) is 10.8 Å². The van der Waals surface area contributed by atoms with Gasteiger partial charge in [0.2, 0.25) is 0 Å². The number of rotatable bonds is 6. The monoisotopic (exact) mass is 604 g/mol. The van der Waals surface area contributed by atoms with Gasteiger partial charge in [0, 0.05) is 28.6 Å². The molecule has 0 saturated carbocycles. The maximum absolute atomic E-state index is 12.8. The molecule has 3 aromatic carbocycles. The van der Waals surface area contributed by atoms with Gasteiger partial charge < -0.3 is 9.60 Å². The van der Waals surface area contributed by atoms with Gasteiger partial charge in [0.25, 0.3) is 41.9 Å². The van der Waals surface area contributed by atoms with Crippen LogP contribution in [-0.2, 0) is 30.4 Å². The number of anilines is 1. The number of amides is 1. The van der Waals surface area contributed by atoms with Crippen molar-refractivity contribution in [1.29, 1.82) is 0 Å². The molecule has 0 aliphatic carbocycles. The normalized spacial score (nSPS) is 11.4. The Labute approximate surface area is 280 Å². The molecule has 37 heavy (non-hydrogen) atoms. The molecule has 0 radical (unpaired) electrons. The summed E-state index contributed by atoms with van der Waals surface area (Å²) < 4.78 is 97.8. The molecule has 14 nitrogen and oxygen atoms in total. The zero-order valence-corrected chi connectivity index (χ0v) is 27.8. The van der Waals surface area contributed by atoms with Crippen molar-refractivity contribution >= 4 is 58.4 Å². The van der Waals surface area contributed by atoms with E-state index in [1.807, 2.05) is 0 Å². The van der Waals surface area contributed by atoms with Gasteiger partial charge in [0.05, 0.1) is 15.4 Å². The molecule has 186 valence electrons. The second-order valence-electron chi connectivity index (χ2n) is 6.64. The Morgan fingerprint density at radius 3 is 1.81 bits per heavy atom. The van der Waals surface area contributed by atoms with Crippen molar-refractivity contribution in [3.63, 3.8) is 0 Å². The third-order valence-corrected chi connectivity index (χ3v) is 7.13. The molecule has 4 N–H and O–H groups in total. The maximum atomic E-state index is 12.8. The van der Waals surface area contributed by atoms with Gasteiger partial charge in [-0.15, -0.1) is 0 Å². The van der Waals surface area contributed by atoms with Crippen molar-refractivity contribution in [3.05, 3.63) is 64.2 Å². The summed E-state index contributed by atoms with van der Waals surface area (Å²) in [7, 11) is -14.7. The van der Waals surface area contributed by atoms with Crippen LogP contribution in [0.4, 0.5) is 11.4 Å². The van der Waals surface area contributed by atoms with Crippen LogP contribution in [0, 0.1) is 10.1 Å². The van der Waals surface area contributed by atoms with E-state index in [9.17, 15) is 53.8 Å². The summed E-state index contributed by atoms with van der Waals surface area (Å²) in [6.45, 7) is 0. The molecule has 0 fully saturated rings. The molecule has 20 heteroatoms. The number of nitro benzene ring substituents is 1. The molecule has 3 aromatic rings. The second kappa shape index (κ2) is 13.2. The molecule has 1 amide bonds. The van der Waals surface area contributed by atoms with Crippen molar-refractivity contribution in [3.8, 4) is 0 Å². The third-order valence-electron chi connectivity index (χ3n) is 4.47. The van der Waals surface area contributed by atoms with Crippen LogP contribution in [0.3, 0.4) is 0 Å². The molecule has 0 heterocycles. The van der Waals surface area contributed by atoms with Gasteiger partial charge in [0.1, 0.15) is 9.79 Å². The fourth-order valence-corrected chi connectivity index (χ4v) is 4.92. The van der Waals surface area contributed by atoms with E-state index < -0.39 is 67.1 Å². The van der Waals surface area contributed by atoms with Crippen molar-refractivity contribution < 1.29 is 142 Å². The number of nitrogens with zero attached hydrogens (tertiary/aromatic N) is 1. The first-order valence-electron chi connectivity index (χ1n) is 8.59. The van der Waals surface area contributed by atoms with E-state index in [-0.39, 0.29) is 109 Å². The Hall–Kier alpha value is -0.480. The molecule has 0 aromatic heterocycles. The van der Waals surface area contributed by atoms with Crippen molar-refractivity contribution in [2.75, 3.05) is 5.32 Å². The van der Waals surface area contributed by atoms with Gasteiger partial charge in [0.15, 0.2) is 0 Å². The van der Waals surface area contributed by atoms with Crippen LogP contribution < -0.4 is 94.0 Å². The van der Waals surface area contributed by atoms with Crippen LogP contribution >= 0.6 is 0 Å². The molecule has 0 spiro atoms. The molecule has 0 saturated heterocycles. The minimum Gasteiger partial charge on any atom is -1.00 e. The largest absolute Gasteiger partial charge is 1.00 e. The van der Waals surface area contributed by atoms with E-state index >= 15 is 0 Å². The molecule has 3 rings (SSSR count). The number of non-ortho nitro benzene ring substituents is 1. The number of nitrogens with one attached hydrogen (secondary N) is 1. The van der Waals surface area contributed by atoms with Crippen LogP contribution in [0.15, 0.2) is 63.2 Å². The number of carbonyl (C=O) groups excluding carboxylic acids is 1. The number of benzene rings is 3. The van der Waals surface area contributed by atoms with Gasteiger partial charge in [-0.25, -0.2) is 0 Å². The fourth-order valence-electron chi connectivity index (χ4n) is 3.01. The first kappa shape index (κ1) is 36.5. The van der Waals surface area contributed by atoms with Gasteiger partial charge in [-0.05, 0) is 30.3 Å². The Bertz CT molecular complexity index is 1730. The summed E-state index contributed by atoms with van der Waals surface area (Å²) >= 11 is 0. The SMILES string of the molecule is O=C(Nc1ccc(S(=O)(=O)O)c2ccc(S(=O)(=O)O)cc12)c1ccc([N+](=O)[O-])cc1S(=O)(=O)O.[H-].[H-].[H-].[Na+].[Na+].[Na+]. The number of nitro groups is 1. The zero-order valence-electron chi connectivity index (χ0n) is 22.3. The van der Waals surface area contributed by atoms with Crippen LogP contribution in [-0.4, -0.2) is 49.7 Å². The van der Waals surface area contributed by atoms with Crippen LogP contribution in [0.5, 0.6) is 0 Å². The van der Waals surface area contributed by atoms with Crippen molar-refractivity contribution in [2.45, 2.75) is 14.7 Å². The summed E-state index contributed by atoms with van der Waals surface area (Å²) in [5.41, 5.74) is -1.77. The molecule has 0 bridgehead atoms. The second-order valence-corrected chi connectivity index (χ2v) is 10.8. The van der Waals surface area contributed by atoms with E-state index in [0.29, 0.717) is 6.07 Å². The van der Waals surface area contributed by atoms with Gasteiger partial charge >= 0.3 is 88.7 Å². The van der Waals surface area contributed by atoms with Gasteiger partial charge in [-0.3, -0.25) is 28.6 Å². The molecule has 0 unspecified atom stereocenters. The van der Waals surface area contributed by atoms with E-state index in [1.54, 1.807) is 0 Å². The maximum Gasteiger partial charge on any atom is 1.00 e. The zero-order chi connectivity index (χ0) is 25.6. The van der Waals surface area contributed by atoms with Crippen LogP contribution in [0.2, 0.25) is 0 Å². The molecule has 0 atom stereocenters.